The van der Waals surface area contributed by atoms with Crippen LogP contribution in [0, 0.1) is 12.7 Å². The van der Waals surface area contributed by atoms with Gasteiger partial charge in [0.1, 0.15) is 11.5 Å². The van der Waals surface area contributed by atoms with Crippen molar-refractivity contribution in [2.24, 2.45) is 0 Å². The van der Waals surface area contributed by atoms with Gasteiger partial charge in [-0.1, -0.05) is 17.7 Å². The molecule has 2 N–H and O–H groups in total. The summed E-state index contributed by atoms with van der Waals surface area (Å²) in [6.07, 6.45) is 0. The molecule has 0 radical (unpaired) electrons. The summed E-state index contributed by atoms with van der Waals surface area (Å²) < 4.78 is 14.7. The fraction of sp³-hybridized carbons (Fsp3) is 0.111. The van der Waals surface area contributed by atoms with E-state index in [-0.39, 0.29) is 16.7 Å². The van der Waals surface area contributed by atoms with Crippen LogP contribution < -0.4 is 5.73 Å². The van der Waals surface area contributed by atoms with E-state index in [4.69, 9.17) is 17.3 Å². The molecule has 0 amide bonds. The minimum Gasteiger partial charge on any atom is -0.368 e. The van der Waals surface area contributed by atoms with Gasteiger partial charge in [-0.15, -0.1) is 5.10 Å². The fourth-order valence-electron chi connectivity index (χ4n) is 1.29. The van der Waals surface area contributed by atoms with Gasteiger partial charge in [-0.25, -0.2) is 4.39 Å². The number of nitrogens with two attached hydrogens (primary N) is 1. The predicted octanol–water partition coefficient (Wildman–Crippen LogP) is 1.95. The molecule has 15 heavy (non-hydrogen) atoms. The van der Waals surface area contributed by atoms with E-state index in [9.17, 15) is 4.39 Å². The lowest BCUT2D eigenvalue weighted by atomic mass is 10.3. The van der Waals surface area contributed by atoms with Crippen LogP contribution in [0.1, 0.15) is 5.82 Å². The second-order valence-corrected chi connectivity index (χ2v) is 3.41. The molecule has 0 bridgehead atoms. The Morgan fingerprint density at radius 3 is 2.73 bits per heavy atom. The van der Waals surface area contributed by atoms with Gasteiger partial charge >= 0.3 is 0 Å². The van der Waals surface area contributed by atoms with Crippen LogP contribution in [-0.4, -0.2) is 14.8 Å². The molecular weight excluding hydrogens is 219 g/mol. The molecule has 0 aliphatic rings. The molecule has 0 aliphatic heterocycles. The second kappa shape index (κ2) is 3.51. The lowest BCUT2D eigenvalue weighted by Gasteiger charge is -2.05. The van der Waals surface area contributed by atoms with E-state index in [2.05, 4.69) is 10.1 Å². The van der Waals surface area contributed by atoms with Gasteiger partial charge in [0, 0.05) is 0 Å². The first-order valence-corrected chi connectivity index (χ1v) is 4.61. The van der Waals surface area contributed by atoms with Gasteiger partial charge in [0.2, 0.25) is 5.95 Å². The summed E-state index contributed by atoms with van der Waals surface area (Å²) in [7, 11) is 0. The van der Waals surface area contributed by atoms with Gasteiger partial charge in [0.15, 0.2) is 5.82 Å². The number of benzene rings is 1. The SMILES string of the molecule is Cc1nc(N)n(-c2c(F)cccc2Cl)n1. The van der Waals surface area contributed by atoms with Crippen LogP contribution in [0.3, 0.4) is 0 Å². The minimum absolute atomic E-state index is 0.111. The standard InChI is InChI=1S/C9H8ClFN4/c1-5-13-9(12)15(14-5)8-6(10)3-2-4-7(8)11/h2-4H,1H3,(H2,12,13,14). The Morgan fingerprint density at radius 1 is 1.47 bits per heavy atom. The van der Waals surface area contributed by atoms with Crippen molar-refractivity contribution in [3.05, 3.63) is 34.9 Å². The average molecular weight is 227 g/mol. The fourth-order valence-corrected chi connectivity index (χ4v) is 1.53. The summed E-state index contributed by atoms with van der Waals surface area (Å²) in [6, 6.07) is 4.37. The molecule has 0 atom stereocenters. The lowest BCUT2D eigenvalue weighted by Crippen LogP contribution is -2.05. The minimum atomic E-state index is -0.487. The Balaban J connectivity index is 2.68. The first kappa shape index (κ1) is 9.92. The molecule has 2 aromatic rings. The number of hydrogen-bond acceptors (Lipinski definition) is 3. The summed E-state index contributed by atoms with van der Waals surface area (Å²) in [5, 5.41) is 4.20. The summed E-state index contributed by atoms with van der Waals surface area (Å²) in [6.45, 7) is 1.67. The number of para-hydroxylation sites is 1. The van der Waals surface area contributed by atoms with Gasteiger partial charge in [0.25, 0.3) is 0 Å². The highest BCUT2D eigenvalue weighted by Crippen LogP contribution is 2.24. The number of nitrogens with zero attached hydrogens (tertiary/aromatic N) is 3. The van der Waals surface area contributed by atoms with Gasteiger partial charge in [-0.3, -0.25) is 0 Å². The maximum absolute atomic E-state index is 13.5. The van der Waals surface area contributed by atoms with Crippen LogP contribution in [0.25, 0.3) is 5.69 Å². The van der Waals surface area contributed by atoms with Crippen molar-refractivity contribution < 1.29 is 4.39 Å². The summed E-state index contributed by atoms with van der Waals surface area (Å²) in [4.78, 5) is 3.87. The number of nitrogen functional groups attached to an aromatic ring is 1. The summed E-state index contributed by atoms with van der Waals surface area (Å²) in [5.41, 5.74) is 5.70. The van der Waals surface area contributed by atoms with Crippen LogP contribution in [0.5, 0.6) is 0 Å². The van der Waals surface area contributed by atoms with E-state index < -0.39 is 5.82 Å². The molecule has 1 aromatic carbocycles. The molecule has 78 valence electrons. The zero-order chi connectivity index (χ0) is 11.0. The van der Waals surface area contributed by atoms with Gasteiger partial charge in [-0.2, -0.15) is 9.67 Å². The molecule has 0 aliphatic carbocycles. The molecule has 0 saturated heterocycles. The summed E-state index contributed by atoms with van der Waals surface area (Å²) in [5.74, 6) is 0.0884. The van der Waals surface area contributed by atoms with Crippen molar-refractivity contribution in [1.29, 1.82) is 0 Å². The monoisotopic (exact) mass is 226 g/mol. The number of rotatable bonds is 1. The van der Waals surface area contributed by atoms with E-state index in [1.165, 1.54) is 16.8 Å². The van der Waals surface area contributed by atoms with Gasteiger partial charge < -0.3 is 5.73 Å². The largest absolute Gasteiger partial charge is 0.368 e. The molecule has 0 spiro atoms. The van der Waals surface area contributed by atoms with E-state index in [1.54, 1.807) is 13.0 Å². The normalized spacial score (nSPS) is 10.6. The topological polar surface area (TPSA) is 56.7 Å². The Labute approximate surface area is 90.5 Å². The molecule has 2 rings (SSSR count). The Hall–Kier alpha value is -1.62. The van der Waals surface area contributed by atoms with E-state index in [0.29, 0.717) is 5.82 Å². The molecular formula is C9H8ClFN4. The van der Waals surface area contributed by atoms with Crippen LogP contribution in [0.4, 0.5) is 10.3 Å². The van der Waals surface area contributed by atoms with E-state index in [1.807, 2.05) is 0 Å². The average Bonchev–Trinajstić information content (AvgIpc) is 2.45. The van der Waals surface area contributed by atoms with Crippen molar-refractivity contribution in [1.82, 2.24) is 14.8 Å². The third-order valence-electron chi connectivity index (χ3n) is 1.89. The Bertz CT molecular complexity index is 489. The highest BCUT2D eigenvalue weighted by Gasteiger charge is 2.13. The number of anilines is 1. The van der Waals surface area contributed by atoms with Crippen LogP contribution >= 0.6 is 11.6 Å². The molecule has 0 fully saturated rings. The zero-order valence-corrected chi connectivity index (χ0v) is 8.66. The third kappa shape index (κ3) is 1.66. The highest BCUT2D eigenvalue weighted by atomic mass is 35.5. The molecule has 0 saturated carbocycles. The summed E-state index contributed by atoms with van der Waals surface area (Å²) >= 11 is 5.86. The number of halogens is 2. The van der Waals surface area contributed by atoms with E-state index in [0.717, 1.165) is 0 Å². The number of aromatic nitrogens is 3. The van der Waals surface area contributed by atoms with Crippen molar-refractivity contribution in [2.75, 3.05) is 5.73 Å². The number of aryl methyl sites for hydroxylation is 1. The lowest BCUT2D eigenvalue weighted by molar-refractivity contribution is 0.611. The zero-order valence-electron chi connectivity index (χ0n) is 7.91. The maximum Gasteiger partial charge on any atom is 0.223 e. The third-order valence-corrected chi connectivity index (χ3v) is 2.19. The van der Waals surface area contributed by atoms with Gasteiger partial charge in [0.05, 0.1) is 5.02 Å². The van der Waals surface area contributed by atoms with Gasteiger partial charge in [-0.05, 0) is 19.1 Å². The second-order valence-electron chi connectivity index (χ2n) is 3.00. The van der Waals surface area contributed by atoms with E-state index >= 15 is 0 Å². The van der Waals surface area contributed by atoms with Crippen LogP contribution in [0.15, 0.2) is 18.2 Å². The molecule has 6 heteroatoms. The van der Waals surface area contributed by atoms with Crippen molar-refractivity contribution in [3.63, 3.8) is 0 Å². The highest BCUT2D eigenvalue weighted by molar-refractivity contribution is 6.32. The first-order chi connectivity index (χ1) is 7.09. The smallest absolute Gasteiger partial charge is 0.223 e. The Kier molecular flexibility index (Phi) is 2.32. The molecule has 1 aromatic heterocycles. The first-order valence-electron chi connectivity index (χ1n) is 4.23. The Morgan fingerprint density at radius 2 is 2.20 bits per heavy atom. The maximum atomic E-state index is 13.5. The molecule has 4 nitrogen and oxygen atoms in total. The predicted molar refractivity (Wildman–Crippen MR) is 55.5 cm³/mol. The van der Waals surface area contributed by atoms with Crippen molar-refractivity contribution in [2.45, 2.75) is 6.92 Å². The molecule has 0 unspecified atom stereocenters. The van der Waals surface area contributed by atoms with Crippen molar-refractivity contribution >= 4 is 17.5 Å². The van der Waals surface area contributed by atoms with Crippen LogP contribution in [0.2, 0.25) is 5.02 Å². The van der Waals surface area contributed by atoms with Crippen molar-refractivity contribution in [3.8, 4) is 5.69 Å². The number of hydrogen-bond donors (Lipinski definition) is 1. The quantitative estimate of drug-likeness (QED) is 0.809. The molecule has 1 heterocycles. The van der Waals surface area contributed by atoms with Crippen LogP contribution in [-0.2, 0) is 0 Å².